The van der Waals surface area contributed by atoms with Gasteiger partial charge < -0.3 is 15.4 Å². The van der Waals surface area contributed by atoms with Crippen LogP contribution in [0.2, 0.25) is 0 Å². The molecule has 0 aliphatic carbocycles. The van der Waals surface area contributed by atoms with Gasteiger partial charge in [-0.3, -0.25) is 0 Å². The van der Waals surface area contributed by atoms with Crippen molar-refractivity contribution < 1.29 is 4.74 Å². The summed E-state index contributed by atoms with van der Waals surface area (Å²) in [6.45, 7) is 0.575. The molecule has 96 valence electrons. The summed E-state index contributed by atoms with van der Waals surface area (Å²) in [6.07, 6.45) is 0.750. The largest absolute Gasteiger partial charge is 0.493 e. The summed E-state index contributed by atoms with van der Waals surface area (Å²) in [7, 11) is 3.90. The van der Waals surface area contributed by atoms with Gasteiger partial charge in [-0.05, 0) is 12.1 Å². The number of nitrogen functional groups attached to an aromatic ring is 1. The fourth-order valence-electron chi connectivity index (χ4n) is 1.39. The average molecular weight is 264 g/mol. The summed E-state index contributed by atoms with van der Waals surface area (Å²) < 4.78 is 5.61. The molecule has 1 aromatic heterocycles. The Balaban J connectivity index is 1.84. The summed E-state index contributed by atoms with van der Waals surface area (Å²) in [5.41, 5.74) is 6.38. The average Bonchev–Trinajstić information content (AvgIpc) is 2.78. The molecule has 0 saturated heterocycles. The Morgan fingerprint density at radius 2 is 2.17 bits per heavy atom. The standard InChI is InChI=1S/C12H16N4OS/c1-16(2)12-15-14-11(18-12)6-7-17-10-5-3-4-9(13)8-10/h3-5,8H,6-7,13H2,1-2H3. The molecule has 0 spiro atoms. The number of benzene rings is 1. The molecule has 0 aliphatic heterocycles. The topological polar surface area (TPSA) is 64.3 Å². The minimum absolute atomic E-state index is 0.575. The zero-order valence-electron chi connectivity index (χ0n) is 10.5. The Morgan fingerprint density at radius 3 is 2.83 bits per heavy atom. The van der Waals surface area contributed by atoms with E-state index in [1.165, 1.54) is 0 Å². The molecule has 0 amide bonds. The zero-order valence-corrected chi connectivity index (χ0v) is 11.3. The lowest BCUT2D eigenvalue weighted by atomic mass is 10.3. The maximum absolute atomic E-state index is 5.67. The van der Waals surface area contributed by atoms with E-state index in [4.69, 9.17) is 10.5 Å². The SMILES string of the molecule is CN(C)c1nnc(CCOc2cccc(N)c2)s1. The molecule has 1 aromatic carbocycles. The lowest BCUT2D eigenvalue weighted by Gasteiger charge is -2.05. The van der Waals surface area contributed by atoms with Crippen molar-refractivity contribution in [2.75, 3.05) is 31.3 Å². The lowest BCUT2D eigenvalue weighted by Crippen LogP contribution is -2.07. The maximum Gasteiger partial charge on any atom is 0.207 e. The third-order valence-corrected chi connectivity index (χ3v) is 3.43. The first-order valence-electron chi connectivity index (χ1n) is 5.63. The number of ether oxygens (including phenoxy) is 1. The molecule has 2 rings (SSSR count). The van der Waals surface area contributed by atoms with Crippen molar-refractivity contribution >= 4 is 22.2 Å². The highest BCUT2D eigenvalue weighted by Gasteiger charge is 2.05. The molecular formula is C12H16N4OS. The predicted octanol–water partition coefficient (Wildman–Crippen LogP) is 1.81. The van der Waals surface area contributed by atoms with E-state index < -0.39 is 0 Å². The van der Waals surface area contributed by atoms with E-state index in [0.717, 1.165) is 22.3 Å². The number of nitrogens with two attached hydrogens (primary N) is 1. The molecule has 2 N–H and O–H groups in total. The van der Waals surface area contributed by atoms with Gasteiger partial charge in [-0.15, -0.1) is 10.2 Å². The van der Waals surface area contributed by atoms with Gasteiger partial charge in [0.1, 0.15) is 10.8 Å². The molecule has 18 heavy (non-hydrogen) atoms. The normalized spacial score (nSPS) is 10.3. The van der Waals surface area contributed by atoms with Crippen molar-refractivity contribution in [2.45, 2.75) is 6.42 Å². The number of hydrogen-bond donors (Lipinski definition) is 1. The lowest BCUT2D eigenvalue weighted by molar-refractivity contribution is 0.321. The number of anilines is 2. The van der Waals surface area contributed by atoms with E-state index in [-0.39, 0.29) is 0 Å². The van der Waals surface area contributed by atoms with E-state index >= 15 is 0 Å². The number of aromatic nitrogens is 2. The van der Waals surface area contributed by atoms with Gasteiger partial charge in [0, 0.05) is 32.3 Å². The van der Waals surface area contributed by atoms with E-state index in [0.29, 0.717) is 12.3 Å². The molecule has 0 saturated carbocycles. The summed E-state index contributed by atoms with van der Waals surface area (Å²) in [4.78, 5) is 1.94. The van der Waals surface area contributed by atoms with Crippen LogP contribution in [0.15, 0.2) is 24.3 Å². The van der Waals surface area contributed by atoms with Gasteiger partial charge in [0.25, 0.3) is 0 Å². The van der Waals surface area contributed by atoms with Gasteiger partial charge >= 0.3 is 0 Å². The third-order valence-electron chi connectivity index (χ3n) is 2.28. The van der Waals surface area contributed by atoms with Crippen LogP contribution in [0.1, 0.15) is 5.01 Å². The number of hydrogen-bond acceptors (Lipinski definition) is 6. The molecule has 0 radical (unpaired) electrons. The van der Waals surface area contributed by atoms with Gasteiger partial charge in [0.2, 0.25) is 5.13 Å². The molecular weight excluding hydrogens is 248 g/mol. The molecule has 0 unspecified atom stereocenters. The fourth-order valence-corrected chi connectivity index (χ4v) is 2.13. The minimum atomic E-state index is 0.575. The van der Waals surface area contributed by atoms with E-state index in [1.807, 2.05) is 43.3 Å². The van der Waals surface area contributed by atoms with Crippen molar-refractivity contribution in [2.24, 2.45) is 0 Å². The van der Waals surface area contributed by atoms with Crippen molar-refractivity contribution in [3.05, 3.63) is 29.3 Å². The molecule has 6 heteroatoms. The first-order chi connectivity index (χ1) is 8.65. The van der Waals surface area contributed by atoms with Crippen LogP contribution < -0.4 is 15.4 Å². The Kier molecular flexibility index (Phi) is 3.99. The summed E-state index contributed by atoms with van der Waals surface area (Å²) in [6, 6.07) is 7.41. The first kappa shape index (κ1) is 12.6. The zero-order chi connectivity index (χ0) is 13.0. The van der Waals surface area contributed by atoms with Crippen molar-refractivity contribution in [3.63, 3.8) is 0 Å². The van der Waals surface area contributed by atoms with Crippen LogP contribution in [-0.4, -0.2) is 30.9 Å². The second kappa shape index (κ2) is 5.68. The smallest absolute Gasteiger partial charge is 0.207 e. The Labute approximate surface area is 110 Å². The van der Waals surface area contributed by atoms with Crippen LogP contribution in [0, 0.1) is 0 Å². The Bertz CT molecular complexity index is 512. The Morgan fingerprint density at radius 1 is 1.33 bits per heavy atom. The summed E-state index contributed by atoms with van der Waals surface area (Å²) in [5, 5.41) is 10.1. The van der Waals surface area contributed by atoms with Crippen LogP contribution >= 0.6 is 11.3 Å². The van der Waals surface area contributed by atoms with Crippen molar-refractivity contribution in [1.82, 2.24) is 10.2 Å². The van der Waals surface area contributed by atoms with E-state index in [2.05, 4.69) is 10.2 Å². The second-order valence-electron chi connectivity index (χ2n) is 4.04. The maximum atomic E-state index is 5.67. The van der Waals surface area contributed by atoms with Gasteiger partial charge in [-0.2, -0.15) is 0 Å². The van der Waals surface area contributed by atoms with Gasteiger partial charge in [0.05, 0.1) is 6.61 Å². The number of nitrogens with zero attached hydrogens (tertiary/aromatic N) is 3. The summed E-state index contributed by atoms with van der Waals surface area (Å²) in [5.74, 6) is 0.785. The van der Waals surface area contributed by atoms with Crippen molar-refractivity contribution in [3.8, 4) is 5.75 Å². The third kappa shape index (κ3) is 3.33. The second-order valence-corrected chi connectivity index (χ2v) is 5.08. The highest BCUT2D eigenvalue weighted by Crippen LogP contribution is 2.19. The van der Waals surface area contributed by atoms with E-state index in [1.54, 1.807) is 11.3 Å². The van der Waals surface area contributed by atoms with Crippen LogP contribution in [0.4, 0.5) is 10.8 Å². The molecule has 0 fully saturated rings. The molecule has 5 nitrogen and oxygen atoms in total. The van der Waals surface area contributed by atoms with Crippen LogP contribution in [-0.2, 0) is 6.42 Å². The van der Waals surface area contributed by atoms with Gasteiger partial charge in [-0.25, -0.2) is 0 Å². The quantitative estimate of drug-likeness (QED) is 0.834. The van der Waals surface area contributed by atoms with Crippen LogP contribution in [0.3, 0.4) is 0 Å². The van der Waals surface area contributed by atoms with Crippen LogP contribution in [0.5, 0.6) is 5.75 Å². The van der Waals surface area contributed by atoms with Crippen molar-refractivity contribution in [1.29, 1.82) is 0 Å². The monoisotopic (exact) mass is 264 g/mol. The highest BCUT2D eigenvalue weighted by atomic mass is 32.1. The van der Waals surface area contributed by atoms with Gasteiger partial charge in [-0.1, -0.05) is 17.4 Å². The Hall–Kier alpha value is -1.82. The fraction of sp³-hybridized carbons (Fsp3) is 0.333. The van der Waals surface area contributed by atoms with E-state index in [9.17, 15) is 0 Å². The van der Waals surface area contributed by atoms with Gasteiger partial charge in [0.15, 0.2) is 0 Å². The molecule has 2 aromatic rings. The van der Waals surface area contributed by atoms with Crippen LogP contribution in [0.25, 0.3) is 0 Å². The molecule has 0 aliphatic rings. The predicted molar refractivity (Wildman–Crippen MR) is 74.3 cm³/mol. The first-order valence-corrected chi connectivity index (χ1v) is 6.45. The summed E-state index contributed by atoms with van der Waals surface area (Å²) >= 11 is 1.58. The molecule has 0 bridgehead atoms. The highest BCUT2D eigenvalue weighted by molar-refractivity contribution is 7.15. The minimum Gasteiger partial charge on any atom is -0.493 e. The number of rotatable bonds is 5. The molecule has 0 atom stereocenters. The molecule has 1 heterocycles.